The van der Waals surface area contributed by atoms with Crippen molar-refractivity contribution in [2.24, 2.45) is 0 Å². The van der Waals surface area contributed by atoms with Crippen molar-refractivity contribution in [3.63, 3.8) is 0 Å². The fourth-order valence-electron chi connectivity index (χ4n) is 2.78. The van der Waals surface area contributed by atoms with E-state index in [0.29, 0.717) is 16.7 Å². The van der Waals surface area contributed by atoms with E-state index in [4.69, 9.17) is 0 Å². The van der Waals surface area contributed by atoms with E-state index in [0.717, 1.165) is 6.07 Å². The van der Waals surface area contributed by atoms with Crippen LogP contribution in [0.1, 0.15) is 16.9 Å². The summed E-state index contributed by atoms with van der Waals surface area (Å²) in [6, 6.07) is 9.36. The van der Waals surface area contributed by atoms with Crippen LogP contribution in [0.25, 0.3) is 11.0 Å². The summed E-state index contributed by atoms with van der Waals surface area (Å²) >= 11 is 0. The van der Waals surface area contributed by atoms with Gasteiger partial charge in [0.25, 0.3) is 0 Å². The molecule has 1 heterocycles. The molecule has 3 aromatic rings. The Hall–Kier alpha value is -2.68. The van der Waals surface area contributed by atoms with Gasteiger partial charge in [0, 0.05) is 0 Å². The van der Waals surface area contributed by atoms with Gasteiger partial charge < -0.3 is 14.8 Å². The maximum absolute atomic E-state index is 12.9. The van der Waals surface area contributed by atoms with Crippen LogP contribution in [0.3, 0.4) is 0 Å². The maximum Gasteiger partial charge on any atom is 0.416 e. The molecule has 2 aromatic carbocycles. The Morgan fingerprint density at radius 3 is 2.22 bits per heavy atom. The third-order valence-electron chi connectivity index (χ3n) is 3.91. The molecule has 0 radical (unpaired) electrons. The van der Waals surface area contributed by atoms with Crippen molar-refractivity contribution in [3.8, 4) is 0 Å². The molecule has 0 amide bonds. The van der Waals surface area contributed by atoms with Crippen molar-refractivity contribution < 1.29 is 27.5 Å². The predicted molar refractivity (Wildman–Crippen MR) is 90.5 cm³/mol. The fourth-order valence-corrected chi connectivity index (χ4v) is 3.87. The van der Waals surface area contributed by atoms with Crippen LogP contribution in [-0.2, 0) is 10.7 Å². The lowest BCUT2D eigenvalue weighted by molar-refractivity contribution is -0.137. The number of halogens is 3. The topological polar surface area (TPSA) is 112 Å². The summed E-state index contributed by atoms with van der Waals surface area (Å²) in [5.74, 6) is -1.87. The molecule has 0 aliphatic heterocycles. The van der Waals surface area contributed by atoms with E-state index in [1.54, 1.807) is 6.07 Å². The van der Waals surface area contributed by atoms with Crippen LogP contribution in [0.2, 0.25) is 0 Å². The number of H-pyrrole nitrogens is 1. The number of fused-ring (bicyclic) bond motifs is 1. The van der Waals surface area contributed by atoms with Crippen LogP contribution in [0, 0.1) is 0 Å². The van der Waals surface area contributed by atoms with E-state index < -0.39 is 36.2 Å². The van der Waals surface area contributed by atoms with Gasteiger partial charge in [-0.15, -0.1) is 0 Å². The molecule has 0 spiro atoms. The second kappa shape index (κ2) is 6.49. The van der Waals surface area contributed by atoms with Gasteiger partial charge in [-0.3, -0.25) is 18.7 Å². The number of nitrogens with zero attached hydrogens (tertiary/aromatic N) is 1. The lowest BCUT2D eigenvalue weighted by Gasteiger charge is -2.23. The largest absolute Gasteiger partial charge is 0.416 e. The van der Waals surface area contributed by atoms with Crippen molar-refractivity contribution in [3.05, 3.63) is 80.4 Å². The summed E-state index contributed by atoms with van der Waals surface area (Å²) in [7, 11) is -5.03. The molecule has 0 fully saturated rings. The Balaban J connectivity index is 2.41. The number of rotatable bonds is 3. The zero-order valence-corrected chi connectivity index (χ0v) is 14.2. The third kappa shape index (κ3) is 3.59. The average molecular weight is 400 g/mol. The SMILES string of the molecule is O=c1[nH]c2cc(C(F)(F)F)ccc2n(C(c2ccccc2)P(=O)(O)O)c1=O. The van der Waals surface area contributed by atoms with Gasteiger partial charge in [0.05, 0.1) is 16.6 Å². The van der Waals surface area contributed by atoms with Crippen LogP contribution in [0.15, 0.2) is 58.1 Å². The molecule has 0 aliphatic carbocycles. The molecule has 1 atom stereocenters. The fraction of sp³-hybridized carbons (Fsp3) is 0.125. The molecule has 0 aliphatic rings. The first-order chi connectivity index (χ1) is 12.5. The minimum atomic E-state index is -5.03. The van der Waals surface area contributed by atoms with E-state index in [-0.39, 0.29) is 16.6 Å². The molecule has 3 N–H and O–H groups in total. The van der Waals surface area contributed by atoms with Gasteiger partial charge in [0.15, 0.2) is 5.78 Å². The number of aromatic nitrogens is 2. The van der Waals surface area contributed by atoms with Gasteiger partial charge in [-0.2, -0.15) is 13.2 Å². The number of hydrogen-bond donors (Lipinski definition) is 3. The van der Waals surface area contributed by atoms with Crippen LogP contribution < -0.4 is 11.1 Å². The van der Waals surface area contributed by atoms with Crippen molar-refractivity contribution in [2.45, 2.75) is 12.0 Å². The highest BCUT2D eigenvalue weighted by Crippen LogP contribution is 2.52. The number of aromatic amines is 1. The molecule has 3 rings (SSSR count). The van der Waals surface area contributed by atoms with Crippen molar-refractivity contribution in [1.82, 2.24) is 9.55 Å². The van der Waals surface area contributed by atoms with E-state index in [9.17, 15) is 37.1 Å². The molecule has 142 valence electrons. The molecular weight excluding hydrogens is 388 g/mol. The summed E-state index contributed by atoms with van der Waals surface area (Å²) < 4.78 is 51.4. The summed E-state index contributed by atoms with van der Waals surface area (Å²) in [6.07, 6.45) is -4.70. The molecule has 0 saturated heterocycles. The Morgan fingerprint density at radius 1 is 1.04 bits per heavy atom. The molecular formula is C16H12F3N2O5P. The molecule has 1 unspecified atom stereocenters. The van der Waals surface area contributed by atoms with Gasteiger partial charge in [-0.1, -0.05) is 30.3 Å². The Labute approximate surface area is 148 Å². The first kappa shape index (κ1) is 19.1. The van der Waals surface area contributed by atoms with Crippen LogP contribution in [0.5, 0.6) is 0 Å². The maximum atomic E-state index is 12.9. The monoisotopic (exact) mass is 400 g/mol. The number of nitrogens with one attached hydrogen (secondary N) is 1. The highest BCUT2D eigenvalue weighted by Gasteiger charge is 2.36. The third-order valence-corrected chi connectivity index (χ3v) is 5.07. The minimum absolute atomic E-state index is 0.0275. The lowest BCUT2D eigenvalue weighted by Crippen LogP contribution is -2.38. The van der Waals surface area contributed by atoms with Gasteiger partial charge in [0.2, 0.25) is 0 Å². The van der Waals surface area contributed by atoms with Crippen molar-refractivity contribution >= 4 is 18.6 Å². The van der Waals surface area contributed by atoms with Gasteiger partial charge in [-0.05, 0) is 23.8 Å². The smallest absolute Gasteiger partial charge is 0.323 e. The molecule has 7 nitrogen and oxygen atoms in total. The highest BCUT2D eigenvalue weighted by atomic mass is 31.2. The van der Waals surface area contributed by atoms with E-state index in [2.05, 4.69) is 0 Å². The summed E-state index contributed by atoms with van der Waals surface area (Å²) in [5.41, 5.74) is -4.26. The van der Waals surface area contributed by atoms with E-state index >= 15 is 0 Å². The van der Waals surface area contributed by atoms with Crippen molar-refractivity contribution in [2.75, 3.05) is 0 Å². The number of benzene rings is 2. The van der Waals surface area contributed by atoms with Gasteiger partial charge in [0.1, 0.15) is 0 Å². The Bertz CT molecular complexity index is 1160. The zero-order valence-electron chi connectivity index (χ0n) is 13.3. The van der Waals surface area contributed by atoms with Gasteiger partial charge >= 0.3 is 24.9 Å². The quantitative estimate of drug-likeness (QED) is 0.462. The Morgan fingerprint density at radius 2 is 1.67 bits per heavy atom. The standard InChI is InChI=1S/C16H12F3N2O5P/c17-16(18,19)10-6-7-12-11(8-10)20-13(22)14(23)21(12)15(27(24,25)26)9-4-2-1-3-5-9/h1-8,15H,(H,20,22)(H2,24,25,26). The van der Waals surface area contributed by atoms with Crippen LogP contribution in [-0.4, -0.2) is 19.3 Å². The summed E-state index contributed by atoms with van der Waals surface area (Å²) in [4.78, 5) is 46.0. The number of hydrogen-bond acceptors (Lipinski definition) is 3. The Kier molecular flexibility index (Phi) is 4.59. The van der Waals surface area contributed by atoms with E-state index in [1.165, 1.54) is 24.3 Å². The molecule has 0 bridgehead atoms. The van der Waals surface area contributed by atoms with Crippen LogP contribution >= 0.6 is 7.60 Å². The van der Waals surface area contributed by atoms with Crippen molar-refractivity contribution in [1.29, 1.82) is 0 Å². The van der Waals surface area contributed by atoms with E-state index in [1.807, 2.05) is 4.98 Å². The zero-order chi connectivity index (χ0) is 20.0. The predicted octanol–water partition coefficient (Wildman–Crippen LogP) is 2.43. The van der Waals surface area contributed by atoms with Gasteiger partial charge in [-0.25, -0.2) is 0 Å². The second-order valence-corrected chi connectivity index (χ2v) is 7.40. The summed E-state index contributed by atoms with van der Waals surface area (Å²) in [6.45, 7) is 0. The summed E-state index contributed by atoms with van der Waals surface area (Å²) in [5, 5.41) is 0. The molecule has 11 heteroatoms. The van der Waals surface area contributed by atoms with Crippen LogP contribution in [0.4, 0.5) is 13.2 Å². The first-order valence-electron chi connectivity index (χ1n) is 7.46. The molecule has 0 saturated carbocycles. The second-order valence-electron chi connectivity index (χ2n) is 5.73. The molecule has 27 heavy (non-hydrogen) atoms. The number of alkyl halides is 3. The highest BCUT2D eigenvalue weighted by molar-refractivity contribution is 7.52. The first-order valence-corrected chi connectivity index (χ1v) is 9.14. The normalized spacial score (nSPS) is 13.7. The lowest BCUT2D eigenvalue weighted by atomic mass is 10.1. The average Bonchev–Trinajstić information content (AvgIpc) is 2.57. The molecule has 1 aromatic heterocycles. The minimum Gasteiger partial charge on any atom is -0.323 e.